The first-order valence-corrected chi connectivity index (χ1v) is 8.53. The van der Waals surface area contributed by atoms with Gasteiger partial charge in [-0.1, -0.05) is 0 Å². The predicted molar refractivity (Wildman–Crippen MR) is 80.5 cm³/mol. The second-order valence-corrected chi connectivity index (χ2v) is 6.92. The molecule has 0 spiro atoms. The molecule has 24 heavy (non-hydrogen) atoms. The minimum absolute atomic E-state index is 0.168. The van der Waals surface area contributed by atoms with E-state index < -0.39 is 38.9 Å². The number of rotatable bonds is 5. The van der Waals surface area contributed by atoms with Crippen LogP contribution in [0.1, 0.15) is 6.23 Å². The first-order valence-electron chi connectivity index (χ1n) is 6.95. The number of imidazole rings is 1. The SMILES string of the molecule is CNP(=O)(O)OC[C@H]1OC(n2cnc3c(N)ncnc32)C(O)[C@H]1O. The van der Waals surface area contributed by atoms with E-state index >= 15 is 0 Å². The second-order valence-electron chi connectivity index (χ2n) is 5.17. The molecule has 1 saturated heterocycles. The van der Waals surface area contributed by atoms with Crippen LogP contribution in [0.25, 0.3) is 11.2 Å². The monoisotopic (exact) mass is 360 g/mol. The number of anilines is 1. The molecule has 1 aliphatic rings. The van der Waals surface area contributed by atoms with Crippen molar-refractivity contribution in [3.05, 3.63) is 12.7 Å². The maximum absolute atomic E-state index is 11.4. The molecule has 6 N–H and O–H groups in total. The van der Waals surface area contributed by atoms with Crippen molar-refractivity contribution in [3.8, 4) is 0 Å². The number of nitrogen functional groups attached to an aromatic ring is 1. The first-order chi connectivity index (χ1) is 11.3. The number of hydrogen-bond acceptors (Lipinski definition) is 9. The Labute approximate surface area is 135 Å². The van der Waals surface area contributed by atoms with Crippen LogP contribution in [-0.4, -0.2) is 66.6 Å². The van der Waals surface area contributed by atoms with Crippen LogP contribution in [0.3, 0.4) is 0 Å². The fraction of sp³-hybridized carbons (Fsp3) is 0.545. The zero-order chi connectivity index (χ0) is 17.5. The number of nitrogens with one attached hydrogen (secondary N) is 1. The summed E-state index contributed by atoms with van der Waals surface area (Å²) in [5.74, 6) is 0.168. The predicted octanol–water partition coefficient (Wildman–Crippen LogP) is -1.64. The molecule has 3 rings (SSSR count). The van der Waals surface area contributed by atoms with Crippen molar-refractivity contribution in [1.82, 2.24) is 24.6 Å². The van der Waals surface area contributed by atoms with E-state index in [1.165, 1.54) is 24.3 Å². The number of ether oxygens (including phenoxy) is 1. The Morgan fingerprint density at radius 1 is 1.42 bits per heavy atom. The molecular weight excluding hydrogens is 343 g/mol. The molecule has 0 bridgehead atoms. The molecule has 0 saturated carbocycles. The standard InChI is InChI=1S/C11H17N6O6P/c1-13-24(20,21)22-2-5-7(18)8(19)11(23-5)17-4-16-6-9(12)14-3-15-10(6)17/h3-5,7-8,11,18-19H,2H2,1H3,(H2,12,14,15)(H2,13,20,21)/t5-,7+,8?,11?/m1/s1. The molecule has 1 aliphatic heterocycles. The van der Waals surface area contributed by atoms with E-state index in [-0.39, 0.29) is 5.82 Å². The van der Waals surface area contributed by atoms with Gasteiger partial charge in [0.2, 0.25) is 0 Å². The Morgan fingerprint density at radius 2 is 2.17 bits per heavy atom. The molecule has 3 heterocycles. The van der Waals surface area contributed by atoms with Crippen molar-refractivity contribution < 1.29 is 28.9 Å². The summed E-state index contributed by atoms with van der Waals surface area (Å²) in [6.07, 6.45) is -2.09. The average molecular weight is 360 g/mol. The molecule has 0 amide bonds. The number of hydrogen-bond donors (Lipinski definition) is 5. The summed E-state index contributed by atoms with van der Waals surface area (Å²) in [4.78, 5) is 21.2. The minimum atomic E-state index is -3.98. The third-order valence-corrected chi connectivity index (χ3v) is 4.76. The summed E-state index contributed by atoms with van der Waals surface area (Å²) in [6.45, 7) is -0.396. The van der Waals surface area contributed by atoms with Crippen molar-refractivity contribution >= 4 is 24.7 Å². The maximum Gasteiger partial charge on any atom is 0.402 e. The zero-order valence-electron chi connectivity index (χ0n) is 12.6. The third-order valence-electron chi connectivity index (χ3n) is 3.69. The van der Waals surface area contributed by atoms with Gasteiger partial charge in [0, 0.05) is 0 Å². The quantitative estimate of drug-likeness (QED) is 0.386. The van der Waals surface area contributed by atoms with Crippen molar-refractivity contribution in [2.24, 2.45) is 0 Å². The van der Waals surface area contributed by atoms with Gasteiger partial charge in [0.05, 0.1) is 12.9 Å². The minimum Gasteiger partial charge on any atom is -0.387 e. The molecule has 0 radical (unpaired) electrons. The maximum atomic E-state index is 11.4. The summed E-state index contributed by atoms with van der Waals surface area (Å²) in [7, 11) is -2.72. The van der Waals surface area contributed by atoms with Gasteiger partial charge in [0.1, 0.15) is 30.2 Å². The van der Waals surface area contributed by atoms with Gasteiger partial charge < -0.3 is 25.6 Å². The number of aliphatic hydroxyl groups excluding tert-OH is 2. The lowest BCUT2D eigenvalue weighted by atomic mass is 10.1. The Bertz CT molecular complexity index is 785. The topological polar surface area (TPSA) is 178 Å². The molecule has 3 unspecified atom stereocenters. The lowest BCUT2D eigenvalue weighted by Crippen LogP contribution is -2.33. The summed E-state index contributed by atoms with van der Waals surface area (Å²) >= 11 is 0. The van der Waals surface area contributed by atoms with Crippen LogP contribution in [0, 0.1) is 0 Å². The fourth-order valence-corrected chi connectivity index (χ4v) is 2.87. The van der Waals surface area contributed by atoms with Gasteiger partial charge in [-0.25, -0.2) is 24.6 Å². The van der Waals surface area contributed by atoms with E-state index in [1.807, 2.05) is 0 Å². The molecule has 2 aromatic heterocycles. The number of aromatic nitrogens is 4. The van der Waals surface area contributed by atoms with E-state index in [1.54, 1.807) is 0 Å². The molecule has 132 valence electrons. The highest BCUT2D eigenvalue weighted by Crippen LogP contribution is 2.38. The van der Waals surface area contributed by atoms with Gasteiger partial charge in [0.25, 0.3) is 0 Å². The summed E-state index contributed by atoms with van der Waals surface area (Å²) < 4.78 is 23.2. The second kappa shape index (κ2) is 6.33. The highest BCUT2D eigenvalue weighted by molar-refractivity contribution is 7.50. The van der Waals surface area contributed by atoms with Gasteiger partial charge in [0.15, 0.2) is 17.7 Å². The third kappa shape index (κ3) is 3.00. The molecule has 0 aliphatic carbocycles. The normalized spacial score (nSPS) is 29.8. The van der Waals surface area contributed by atoms with E-state index in [2.05, 4.69) is 20.0 Å². The summed E-state index contributed by atoms with van der Waals surface area (Å²) in [5.41, 5.74) is 6.36. The molecule has 2 aromatic rings. The van der Waals surface area contributed by atoms with Crippen molar-refractivity contribution in [2.75, 3.05) is 19.4 Å². The van der Waals surface area contributed by atoms with Crippen molar-refractivity contribution in [3.63, 3.8) is 0 Å². The van der Waals surface area contributed by atoms with Crippen LogP contribution < -0.4 is 10.8 Å². The van der Waals surface area contributed by atoms with E-state index in [0.717, 1.165) is 0 Å². The number of aliphatic hydroxyl groups is 2. The lowest BCUT2D eigenvalue weighted by Gasteiger charge is -2.17. The van der Waals surface area contributed by atoms with Gasteiger partial charge in [-0.15, -0.1) is 0 Å². The average Bonchev–Trinajstić information content (AvgIpc) is 3.10. The Hall–Kier alpha value is -1.66. The van der Waals surface area contributed by atoms with Crippen LogP contribution in [-0.2, 0) is 13.8 Å². The molecule has 13 heteroatoms. The number of nitrogens with two attached hydrogens (primary N) is 1. The van der Waals surface area contributed by atoms with Crippen molar-refractivity contribution in [2.45, 2.75) is 24.5 Å². The van der Waals surface area contributed by atoms with Crippen molar-refractivity contribution in [1.29, 1.82) is 0 Å². The van der Waals surface area contributed by atoms with Gasteiger partial charge >= 0.3 is 7.75 Å². The van der Waals surface area contributed by atoms with Gasteiger partial charge in [-0.2, -0.15) is 0 Å². The molecule has 12 nitrogen and oxygen atoms in total. The van der Waals surface area contributed by atoms with Crippen LogP contribution in [0.2, 0.25) is 0 Å². The first kappa shape index (κ1) is 17.2. The van der Waals surface area contributed by atoms with Crippen LogP contribution in [0.15, 0.2) is 12.7 Å². The van der Waals surface area contributed by atoms with E-state index in [4.69, 9.17) is 15.0 Å². The Balaban J connectivity index is 1.82. The highest BCUT2D eigenvalue weighted by atomic mass is 31.2. The number of nitrogens with zero attached hydrogens (tertiary/aromatic N) is 4. The van der Waals surface area contributed by atoms with Crippen LogP contribution >= 0.6 is 7.75 Å². The molecular formula is C11H17N6O6P. The molecule has 5 atom stereocenters. The zero-order valence-corrected chi connectivity index (χ0v) is 13.4. The van der Waals surface area contributed by atoms with E-state index in [9.17, 15) is 19.7 Å². The molecule has 1 fully saturated rings. The Morgan fingerprint density at radius 3 is 2.88 bits per heavy atom. The lowest BCUT2D eigenvalue weighted by molar-refractivity contribution is -0.0487. The van der Waals surface area contributed by atoms with Crippen LogP contribution in [0.4, 0.5) is 5.82 Å². The largest absolute Gasteiger partial charge is 0.402 e. The van der Waals surface area contributed by atoms with Crippen LogP contribution in [0.5, 0.6) is 0 Å². The summed E-state index contributed by atoms with van der Waals surface area (Å²) in [6, 6.07) is 0. The molecule has 0 aromatic carbocycles. The van der Waals surface area contributed by atoms with E-state index in [0.29, 0.717) is 11.2 Å². The van der Waals surface area contributed by atoms with Gasteiger partial charge in [-0.3, -0.25) is 9.09 Å². The Kier molecular flexibility index (Phi) is 4.53. The summed E-state index contributed by atoms with van der Waals surface area (Å²) in [5, 5.41) is 22.4. The highest BCUT2D eigenvalue weighted by Gasteiger charge is 2.45. The fourth-order valence-electron chi connectivity index (χ4n) is 2.39. The van der Waals surface area contributed by atoms with Gasteiger partial charge in [-0.05, 0) is 7.05 Å². The number of fused-ring (bicyclic) bond motifs is 1. The smallest absolute Gasteiger partial charge is 0.387 e.